The van der Waals surface area contributed by atoms with Crippen LogP contribution in [0.5, 0.6) is 0 Å². The second-order valence-corrected chi connectivity index (χ2v) is 4.57. The molecule has 2 aromatic rings. The number of fused-ring (bicyclic) bond motifs is 1. The van der Waals surface area contributed by atoms with Gasteiger partial charge in [-0.2, -0.15) is 0 Å². The Morgan fingerprint density at radius 3 is 2.59 bits per heavy atom. The van der Waals surface area contributed by atoms with Gasteiger partial charge in [-0.05, 0) is 34.4 Å². The highest BCUT2D eigenvalue weighted by atomic mass is 35.5. The van der Waals surface area contributed by atoms with E-state index in [-0.39, 0.29) is 0 Å². The molecular formula is C16H12Cl. The van der Waals surface area contributed by atoms with Crippen molar-refractivity contribution in [2.24, 2.45) is 0 Å². The average molecular weight is 240 g/mol. The smallest absolute Gasteiger partial charge is 0.0299 e. The van der Waals surface area contributed by atoms with Gasteiger partial charge in [0.15, 0.2) is 0 Å². The molecule has 0 aliphatic heterocycles. The molecule has 0 N–H and O–H groups in total. The molecule has 2 aromatic carbocycles. The summed E-state index contributed by atoms with van der Waals surface area (Å²) >= 11 is 6.24. The molecule has 1 aliphatic rings. The zero-order valence-electron chi connectivity index (χ0n) is 9.36. The average Bonchev–Trinajstić information content (AvgIpc) is 2.39. The van der Waals surface area contributed by atoms with Crippen LogP contribution in [0.1, 0.15) is 12.0 Å². The lowest BCUT2D eigenvalue weighted by Gasteiger charge is -2.11. The highest BCUT2D eigenvalue weighted by molar-refractivity contribution is 6.34. The minimum absolute atomic E-state index is 0.850. The summed E-state index contributed by atoms with van der Waals surface area (Å²) in [5.41, 5.74) is 2.30. The Morgan fingerprint density at radius 1 is 0.941 bits per heavy atom. The van der Waals surface area contributed by atoms with E-state index in [1.54, 1.807) is 0 Å². The first-order chi connectivity index (χ1) is 8.34. The molecule has 0 spiro atoms. The van der Waals surface area contributed by atoms with Gasteiger partial charge in [-0.3, -0.25) is 0 Å². The summed E-state index contributed by atoms with van der Waals surface area (Å²) in [6.45, 7) is 0. The van der Waals surface area contributed by atoms with E-state index in [0.717, 1.165) is 17.0 Å². The molecule has 0 saturated heterocycles. The summed E-state index contributed by atoms with van der Waals surface area (Å²) in [6.07, 6.45) is 7.21. The van der Waals surface area contributed by atoms with Crippen molar-refractivity contribution in [1.29, 1.82) is 0 Å². The van der Waals surface area contributed by atoms with Crippen LogP contribution in [0.25, 0.3) is 16.3 Å². The Bertz CT molecular complexity index is 620. The standard InChI is InChI=1S/C16H12Cl/c17-16-8-4-3-7-15(16)14-10-9-12-5-1-2-6-13(12)11-14/h1-3,5-11H,4H2. The maximum absolute atomic E-state index is 6.24. The van der Waals surface area contributed by atoms with Gasteiger partial charge in [0.05, 0.1) is 0 Å². The van der Waals surface area contributed by atoms with E-state index in [4.69, 9.17) is 11.6 Å². The predicted octanol–water partition coefficient (Wildman–Crippen LogP) is 4.95. The van der Waals surface area contributed by atoms with Crippen LogP contribution in [-0.2, 0) is 0 Å². The number of allylic oxidation sites excluding steroid dienone is 4. The minimum atomic E-state index is 0.850. The minimum Gasteiger partial charge on any atom is -0.0881 e. The van der Waals surface area contributed by atoms with Crippen molar-refractivity contribution in [3.63, 3.8) is 0 Å². The van der Waals surface area contributed by atoms with Crippen molar-refractivity contribution >= 4 is 27.9 Å². The number of hydrogen-bond donors (Lipinski definition) is 0. The third-order valence-electron chi connectivity index (χ3n) is 3.04. The van der Waals surface area contributed by atoms with E-state index in [2.05, 4.69) is 54.6 Å². The molecule has 0 saturated carbocycles. The van der Waals surface area contributed by atoms with E-state index in [1.807, 2.05) is 6.42 Å². The Labute approximate surface area is 106 Å². The first-order valence-corrected chi connectivity index (χ1v) is 6.11. The quantitative estimate of drug-likeness (QED) is 0.660. The summed E-state index contributed by atoms with van der Waals surface area (Å²) in [7, 11) is 0. The highest BCUT2D eigenvalue weighted by Gasteiger charge is 2.08. The normalized spacial score (nSPS) is 15.6. The summed E-state index contributed by atoms with van der Waals surface area (Å²) < 4.78 is 0. The molecule has 0 nitrogen and oxygen atoms in total. The summed E-state index contributed by atoms with van der Waals surface area (Å²) in [6, 6.07) is 14.8. The van der Waals surface area contributed by atoms with Gasteiger partial charge in [-0.15, -0.1) is 0 Å². The van der Waals surface area contributed by atoms with Crippen LogP contribution in [-0.4, -0.2) is 0 Å². The number of halogens is 1. The van der Waals surface area contributed by atoms with Crippen molar-refractivity contribution < 1.29 is 0 Å². The topological polar surface area (TPSA) is 0 Å². The largest absolute Gasteiger partial charge is 0.0881 e. The molecule has 0 unspecified atom stereocenters. The fourth-order valence-electron chi connectivity index (χ4n) is 2.14. The van der Waals surface area contributed by atoms with Crippen molar-refractivity contribution in [3.8, 4) is 0 Å². The molecule has 1 heteroatoms. The maximum Gasteiger partial charge on any atom is 0.0299 e. The SMILES string of the molecule is ClC1=C(c2ccc3ccccc3c2)C=CC[CH]1. The summed E-state index contributed by atoms with van der Waals surface area (Å²) in [5, 5.41) is 3.36. The zero-order chi connectivity index (χ0) is 11.7. The van der Waals surface area contributed by atoms with Crippen molar-refractivity contribution in [1.82, 2.24) is 0 Å². The predicted molar refractivity (Wildman–Crippen MR) is 74.8 cm³/mol. The van der Waals surface area contributed by atoms with Crippen LogP contribution in [0.2, 0.25) is 0 Å². The molecular weight excluding hydrogens is 228 g/mol. The van der Waals surface area contributed by atoms with Crippen molar-refractivity contribution in [3.05, 3.63) is 71.6 Å². The Kier molecular flexibility index (Phi) is 2.74. The molecule has 17 heavy (non-hydrogen) atoms. The summed E-state index contributed by atoms with van der Waals surface area (Å²) in [5.74, 6) is 0. The number of hydrogen-bond acceptors (Lipinski definition) is 0. The Morgan fingerprint density at radius 2 is 1.76 bits per heavy atom. The Hall–Kier alpha value is -1.53. The highest BCUT2D eigenvalue weighted by Crippen LogP contribution is 2.30. The first kappa shape index (κ1) is 10.6. The molecule has 0 aromatic heterocycles. The second kappa shape index (κ2) is 4.38. The molecule has 1 radical (unpaired) electrons. The fraction of sp³-hybridized carbons (Fsp3) is 0.0625. The van der Waals surface area contributed by atoms with Crippen molar-refractivity contribution in [2.75, 3.05) is 0 Å². The Balaban J connectivity index is 2.15. The lowest BCUT2D eigenvalue weighted by molar-refractivity contribution is 1.25. The maximum atomic E-state index is 6.24. The van der Waals surface area contributed by atoms with E-state index in [0.29, 0.717) is 0 Å². The van der Waals surface area contributed by atoms with Crippen LogP contribution in [0.15, 0.2) is 59.6 Å². The third-order valence-corrected chi connectivity index (χ3v) is 3.39. The molecule has 0 fully saturated rings. The molecule has 83 valence electrons. The van der Waals surface area contributed by atoms with E-state index in [9.17, 15) is 0 Å². The van der Waals surface area contributed by atoms with Gasteiger partial charge in [0.2, 0.25) is 0 Å². The van der Waals surface area contributed by atoms with Gasteiger partial charge in [-0.1, -0.05) is 60.2 Å². The number of benzene rings is 2. The summed E-state index contributed by atoms with van der Waals surface area (Å²) in [4.78, 5) is 0. The molecule has 0 amide bonds. The molecule has 1 aliphatic carbocycles. The van der Waals surface area contributed by atoms with E-state index in [1.165, 1.54) is 16.3 Å². The lowest BCUT2D eigenvalue weighted by atomic mass is 9.97. The van der Waals surface area contributed by atoms with Gasteiger partial charge in [0.1, 0.15) is 0 Å². The van der Waals surface area contributed by atoms with Crippen LogP contribution in [0, 0.1) is 6.42 Å². The van der Waals surface area contributed by atoms with Gasteiger partial charge in [-0.25, -0.2) is 0 Å². The number of rotatable bonds is 1. The molecule has 0 heterocycles. The van der Waals surface area contributed by atoms with Crippen LogP contribution < -0.4 is 0 Å². The van der Waals surface area contributed by atoms with E-state index < -0.39 is 0 Å². The van der Waals surface area contributed by atoms with Gasteiger partial charge >= 0.3 is 0 Å². The zero-order valence-corrected chi connectivity index (χ0v) is 10.1. The molecule has 0 atom stereocenters. The molecule has 3 rings (SSSR count). The van der Waals surface area contributed by atoms with Crippen molar-refractivity contribution in [2.45, 2.75) is 6.42 Å². The monoisotopic (exact) mass is 239 g/mol. The second-order valence-electron chi connectivity index (χ2n) is 4.17. The van der Waals surface area contributed by atoms with Crippen LogP contribution in [0.4, 0.5) is 0 Å². The van der Waals surface area contributed by atoms with Gasteiger partial charge in [0.25, 0.3) is 0 Å². The first-order valence-electron chi connectivity index (χ1n) is 5.73. The lowest BCUT2D eigenvalue weighted by Crippen LogP contribution is -1.90. The third kappa shape index (κ3) is 2.01. The van der Waals surface area contributed by atoms with Crippen LogP contribution >= 0.6 is 11.6 Å². The van der Waals surface area contributed by atoms with Gasteiger partial charge < -0.3 is 0 Å². The fourth-order valence-corrected chi connectivity index (χ4v) is 2.40. The van der Waals surface area contributed by atoms with Gasteiger partial charge in [0, 0.05) is 11.5 Å². The van der Waals surface area contributed by atoms with Crippen LogP contribution in [0.3, 0.4) is 0 Å². The van der Waals surface area contributed by atoms with E-state index >= 15 is 0 Å². The molecule has 0 bridgehead atoms.